The Bertz CT molecular complexity index is 366. The maximum atomic E-state index is 10.6. The van der Waals surface area contributed by atoms with Crippen LogP contribution < -0.4 is 5.73 Å². The van der Waals surface area contributed by atoms with Crippen LogP contribution in [0, 0.1) is 17.0 Å². The molecule has 0 aromatic carbocycles. The first-order valence-corrected chi connectivity index (χ1v) is 4.91. The van der Waals surface area contributed by atoms with Crippen molar-refractivity contribution in [1.29, 1.82) is 0 Å². The highest BCUT2D eigenvalue weighted by Crippen LogP contribution is 2.16. The van der Waals surface area contributed by atoms with Crippen LogP contribution in [-0.4, -0.2) is 15.9 Å². The zero-order valence-corrected chi connectivity index (χ0v) is 8.93. The molecule has 0 radical (unpaired) electrons. The van der Waals surface area contributed by atoms with Crippen LogP contribution in [0.25, 0.3) is 0 Å². The van der Waals surface area contributed by atoms with E-state index in [0.29, 0.717) is 12.1 Å². The zero-order chi connectivity index (χ0) is 11.4. The molecular formula is C10H15N3O2. The van der Waals surface area contributed by atoms with Crippen molar-refractivity contribution in [2.45, 2.75) is 32.7 Å². The standard InChI is InChI=1S/C10H15N3O2/c1-3-8(11)6-9-4-5-10(13(14)15)7(2)12-9/h4-5,8H,3,6,11H2,1-2H3. The van der Waals surface area contributed by atoms with E-state index in [9.17, 15) is 10.1 Å². The smallest absolute Gasteiger partial charge is 0.290 e. The van der Waals surface area contributed by atoms with Crippen LogP contribution in [0.4, 0.5) is 5.69 Å². The number of nitrogens with zero attached hydrogens (tertiary/aromatic N) is 2. The van der Waals surface area contributed by atoms with E-state index in [2.05, 4.69) is 4.98 Å². The van der Waals surface area contributed by atoms with Gasteiger partial charge in [-0.2, -0.15) is 0 Å². The first-order chi connectivity index (χ1) is 7.04. The molecule has 0 amide bonds. The molecule has 5 nitrogen and oxygen atoms in total. The van der Waals surface area contributed by atoms with Gasteiger partial charge in [-0.25, -0.2) is 0 Å². The van der Waals surface area contributed by atoms with Gasteiger partial charge in [0.2, 0.25) is 0 Å². The van der Waals surface area contributed by atoms with Gasteiger partial charge in [0.1, 0.15) is 5.69 Å². The molecule has 0 fully saturated rings. The van der Waals surface area contributed by atoms with Crippen molar-refractivity contribution in [2.24, 2.45) is 5.73 Å². The van der Waals surface area contributed by atoms with E-state index in [0.717, 1.165) is 12.1 Å². The zero-order valence-electron chi connectivity index (χ0n) is 8.93. The van der Waals surface area contributed by atoms with Gasteiger partial charge in [0.25, 0.3) is 5.69 Å². The van der Waals surface area contributed by atoms with Crippen LogP contribution in [0.2, 0.25) is 0 Å². The second-order valence-electron chi connectivity index (χ2n) is 3.54. The van der Waals surface area contributed by atoms with E-state index < -0.39 is 4.92 Å². The Morgan fingerprint density at radius 2 is 2.27 bits per heavy atom. The SMILES string of the molecule is CCC(N)Cc1ccc([N+](=O)[O-])c(C)n1. The summed E-state index contributed by atoms with van der Waals surface area (Å²) >= 11 is 0. The summed E-state index contributed by atoms with van der Waals surface area (Å²) in [7, 11) is 0. The summed E-state index contributed by atoms with van der Waals surface area (Å²) in [6.45, 7) is 3.64. The monoisotopic (exact) mass is 209 g/mol. The highest BCUT2D eigenvalue weighted by Gasteiger charge is 2.12. The lowest BCUT2D eigenvalue weighted by Crippen LogP contribution is -2.22. The summed E-state index contributed by atoms with van der Waals surface area (Å²) in [5.74, 6) is 0. The molecule has 0 aliphatic rings. The molecular weight excluding hydrogens is 194 g/mol. The quantitative estimate of drug-likeness (QED) is 0.602. The van der Waals surface area contributed by atoms with Crippen molar-refractivity contribution in [1.82, 2.24) is 4.98 Å². The fraction of sp³-hybridized carbons (Fsp3) is 0.500. The number of pyridine rings is 1. The third-order valence-electron chi connectivity index (χ3n) is 2.31. The third kappa shape index (κ3) is 2.99. The van der Waals surface area contributed by atoms with Gasteiger partial charge in [-0.15, -0.1) is 0 Å². The van der Waals surface area contributed by atoms with Crippen molar-refractivity contribution in [3.63, 3.8) is 0 Å². The molecule has 1 aromatic heterocycles. The number of hydrogen-bond acceptors (Lipinski definition) is 4. The Labute approximate surface area is 88.5 Å². The molecule has 2 N–H and O–H groups in total. The van der Waals surface area contributed by atoms with Crippen LogP contribution in [0.15, 0.2) is 12.1 Å². The second-order valence-corrected chi connectivity index (χ2v) is 3.54. The van der Waals surface area contributed by atoms with Crippen LogP contribution in [0.3, 0.4) is 0 Å². The Morgan fingerprint density at radius 1 is 1.60 bits per heavy atom. The van der Waals surface area contributed by atoms with Gasteiger partial charge < -0.3 is 5.73 Å². The highest BCUT2D eigenvalue weighted by atomic mass is 16.6. The summed E-state index contributed by atoms with van der Waals surface area (Å²) < 4.78 is 0. The fourth-order valence-electron chi connectivity index (χ4n) is 1.33. The molecule has 82 valence electrons. The molecule has 0 aliphatic carbocycles. The minimum absolute atomic E-state index is 0.0591. The summed E-state index contributed by atoms with van der Waals surface area (Å²) in [5, 5.41) is 10.6. The van der Waals surface area contributed by atoms with Crippen LogP contribution >= 0.6 is 0 Å². The van der Waals surface area contributed by atoms with Crippen molar-refractivity contribution in [3.05, 3.63) is 33.6 Å². The van der Waals surface area contributed by atoms with Gasteiger partial charge >= 0.3 is 0 Å². The van der Waals surface area contributed by atoms with Gasteiger partial charge in [-0.05, 0) is 19.4 Å². The van der Waals surface area contributed by atoms with E-state index in [-0.39, 0.29) is 11.7 Å². The third-order valence-corrected chi connectivity index (χ3v) is 2.31. The average molecular weight is 209 g/mol. The molecule has 0 saturated heterocycles. The molecule has 1 rings (SSSR count). The second kappa shape index (κ2) is 4.84. The average Bonchev–Trinajstić information content (AvgIpc) is 2.17. The molecule has 1 heterocycles. The minimum atomic E-state index is -0.425. The number of aryl methyl sites for hydroxylation is 1. The van der Waals surface area contributed by atoms with Crippen molar-refractivity contribution in [2.75, 3.05) is 0 Å². The van der Waals surface area contributed by atoms with E-state index in [1.54, 1.807) is 13.0 Å². The van der Waals surface area contributed by atoms with E-state index >= 15 is 0 Å². The largest absolute Gasteiger partial charge is 0.327 e. The topological polar surface area (TPSA) is 82.0 Å². The van der Waals surface area contributed by atoms with E-state index in [4.69, 9.17) is 5.73 Å². The van der Waals surface area contributed by atoms with Crippen molar-refractivity contribution >= 4 is 5.69 Å². The van der Waals surface area contributed by atoms with Gasteiger partial charge in [0.05, 0.1) is 4.92 Å². The fourth-order valence-corrected chi connectivity index (χ4v) is 1.33. The van der Waals surface area contributed by atoms with E-state index in [1.165, 1.54) is 6.07 Å². The van der Waals surface area contributed by atoms with Gasteiger partial charge in [0, 0.05) is 24.2 Å². The normalized spacial score (nSPS) is 12.5. The lowest BCUT2D eigenvalue weighted by atomic mass is 10.1. The number of aromatic nitrogens is 1. The van der Waals surface area contributed by atoms with Crippen molar-refractivity contribution in [3.8, 4) is 0 Å². The molecule has 1 unspecified atom stereocenters. The van der Waals surface area contributed by atoms with Gasteiger partial charge in [-0.3, -0.25) is 15.1 Å². The van der Waals surface area contributed by atoms with Crippen LogP contribution in [0.1, 0.15) is 24.7 Å². The molecule has 1 aromatic rings. The predicted octanol–water partition coefficient (Wildman–Crippen LogP) is 1.58. The highest BCUT2D eigenvalue weighted by molar-refractivity contribution is 5.35. The number of nitro groups is 1. The summed E-state index contributed by atoms with van der Waals surface area (Å²) in [6, 6.07) is 3.22. The molecule has 1 atom stereocenters. The molecule has 15 heavy (non-hydrogen) atoms. The first-order valence-electron chi connectivity index (χ1n) is 4.91. The number of rotatable bonds is 4. The van der Waals surface area contributed by atoms with E-state index in [1.807, 2.05) is 6.92 Å². The number of hydrogen-bond donors (Lipinski definition) is 1. The molecule has 5 heteroatoms. The van der Waals surface area contributed by atoms with Gasteiger partial charge in [0.15, 0.2) is 0 Å². The van der Waals surface area contributed by atoms with Crippen LogP contribution in [-0.2, 0) is 6.42 Å². The Kier molecular flexibility index (Phi) is 3.74. The maximum absolute atomic E-state index is 10.6. The summed E-state index contributed by atoms with van der Waals surface area (Å²) in [4.78, 5) is 14.3. The Hall–Kier alpha value is -1.49. The predicted molar refractivity (Wildman–Crippen MR) is 57.6 cm³/mol. The lowest BCUT2D eigenvalue weighted by Gasteiger charge is -2.08. The maximum Gasteiger partial charge on any atom is 0.290 e. The summed E-state index contributed by atoms with van der Waals surface area (Å²) in [6.07, 6.45) is 1.53. The first kappa shape index (κ1) is 11.6. The Balaban J connectivity index is 2.87. The minimum Gasteiger partial charge on any atom is -0.327 e. The summed E-state index contributed by atoms with van der Waals surface area (Å²) in [5.41, 5.74) is 7.10. The van der Waals surface area contributed by atoms with Crippen molar-refractivity contribution < 1.29 is 4.92 Å². The number of nitrogens with two attached hydrogens (primary N) is 1. The van der Waals surface area contributed by atoms with Crippen LogP contribution in [0.5, 0.6) is 0 Å². The lowest BCUT2D eigenvalue weighted by molar-refractivity contribution is -0.385. The molecule has 0 spiro atoms. The molecule has 0 bridgehead atoms. The molecule has 0 aliphatic heterocycles. The molecule has 0 saturated carbocycles. The van der Waals surface area contributed by atoms with Gasteiger partial charge in [-0.1, -0.05) is 6.92 Å². The Morgan fingerprint density at radius 3 is 2.73 bits per heavy atom.